The molecule has 1 N–H and O–H groups in total. The van der Waals surface area contributed by atoms with E-state index in [1.165, 1.54) is 11.8 Å². The predicted octanol–water partition coefficient (Wildman–Crippen LogP) is 6.43. The number of carbonyl (C=O) groups is 1. The molecule has 4 aromatic rings. The van der Waals surface area contributed by atoms with E-state index in [9.17, 15) is 4.79 Å². The van der Waals surface area contributed by atoms with E-state index in [-0.39, 0.29) is 5.91 Å². The molecule has 1 atom stereocenters. The van der Waals surface area contributed by atoms with Gasteiger partial charge in [0.2, 0.25) is 5.91 Å². The second kappa shape index (κ2) is 8.86. The van der Waals surface area contributed by atoms with E-state index in [0.29, 0.717) is 16.5 Å². The molecule has 0 saturated carbocycles. The number of ether oxygens (including phenoxy) is 1. The quantitative estimate of drug-likeness (QED) is 0.351. The molecule has 0 unspecified atom stereocenters. The van der Waals surface area contributed by atoms with Gasteiger partial charge >= 0.3 is 0 Å². The van der Waals surface area contributed by atoms with Gasteiger partial charge in [-0.1, -0.05) is 65.8 Å². The molecule has 146 valence electrons. The zero-order valence-corrected chi connectivity index (χ0v) is 17.9. The third-order valence-corrected chi connectivity index (χ3v) is 6.93. The Morgan fingerprint density at radius 3 is 2.59 bits per heavy atom. The summed E-state index contributed by atoms with van der Waals surface area (Å²) < 4.78 is 7.12. The molecule has 3 aromatic carbocycles. The number of hydrogen-bond donors (Lipinski definition) is 1. The van der Waals surface area contributed by atoms with Gasteiger partial charge in [0.25, 0.3) is 0 Å². The number of nitrogens with one attached hydrogen (secondary N) is 1. The van der Waals surface area contributed by atoms with Gasteiger partial charge in [-0.15, -0.1) is 11.3 Å². The average molecular weight is 441 g/mol. The highest BCUT2D eigenvalue weighted by Gasteiger charge is 2.24. The normalized spacial score (nSPS) is 11.9. The Morgan fingerprint density at radius 1 is 1.10 bits per heavy atom. The number of para-hydroxylation sites is 1. The number of anilines is 1. The van der Waals surface area contributed by atoms with Crippen molar-refractivity contribution in [1.82, 2.24) is 4.98 Å². The number of halogens is 1. The molecule has 0 fully saturated rings. The summed E-state index contributed by atoms with van der Waals surface area (Å²) in [5.74, 6) is 0.426. The number of thiazole rings is 1. The summed E-state index contributed by atoms with van der Waals surface area (Å²) >= 11 is 9.22. The van der Waals surface area contributed by atoms with Gasteiger partial charge in [0.15, 0.2) is 4.34 Å². The molecule has 0 radical (unpaired) electrons. The number of benzene rings is 3. The fraction of sp³-hybridized carbons (Fsp3) is 0.0909. The standard InChI is InChI=1S/C22H17ClN2O2S2/c1-27-18-12-11-15(13-16(18)23)24-21(26)20(14-7-3-2-4-8-14)29-22-25-17-9-5-6-10-19(17)28-22/h2-13,20H,1H3,(H,24,26)/t20-/m0/s1. The van der Waals surface area contributed by atoms with Crippen LogP contribution in [-0.4, -0.2) is 18.0 Å². The van der Waals surface area contributed by atoms with Crippen LogP contribution in [0.25, 0.3) is 10.2 Å². The van der Waals surface area contributed by atoms with E-state index in [2.05, 4.69) is 10.3 Å². The SMILES string of the molecule is COc1ccc(NC(=O)[C@@H](Sc2nc3ccccc3s2)c2ccccc2)cc1Cl. The molecule has 4 nitrogen and oxygen atoms in total. The first-order chi connectivity index (χ1) is 14.1. The number of carbonyl (C=O) groups excluding carboxylic acids is 1. The van der Waals surface area contributed by atoms with Crippen molar-refractivity contribution in [3.05, 3.63) is 83.4 Å². The first-order valence-electron chi connectivity index (χ1n) is 8.85. The third-order valence-electron chi connectivity index (χ3n) is 4.25. The number of fused-ring (bicyclic) bond motifs is 1. The minimum absolute atomic E-state index is 0.137. The summed E-state index contributed by atoms with van der Waals surface area (Å²) in [5, 5.41) is 2.96. The predicted molar refractivity (Wildman–Crippen MR) is 121 cm³/mol. The van der Waals surface area contributed by atoms with E-state index in [4.69, 9.17) is 16.3 Å². The number of rotatable bonds is 6. The smallest absolute Gasteiger partial charge is 0.242 e. The summed E-state index contributed by atoms with van der Waals surface area (Å²) in [5.41, 5.74) is 2.47. The van der Waals surface area contributed by atoms with Crippen LogP contribution in [-0.2, 0) is 4.79 Å². The lowest BCUT2D eigenvalue weighted by Crippen LogP contribution is -2.19. The number of amides is 1. The van der Waals surface area contributed by atoms with Crippen LogP contribution in [0.1, 0.15) is 10.8 Å². The van der Waals surface area contributed by atoms with Crippen LogP contribution in [0.3, 0.4) is 0 Å². The third kappa shape index (κ3) is 4.56. The summed E-state index contributed by atoms with van der Waals surface area (Å²) in [7, 11) is 1.56. The molecule has 1 amide bonds. The van der Waals surface area contributed by atoms with Crippen LogP contribution in [0, 0.1) is 0 Å². The minimum atomic E-state index is -0.447. The number of thioether (sulfide) groups is 1. The molecule has 1 aromatic heterocycles. The molecule has 0 aliphatic heterocycles. The summed E-state index contributed by atoms with van der Waals surface area (Å²) in [4.78, 5) is 17.8. The molecule has 0 aliphatic carbocycles. The minimum Gasteiger partial charge on any atom is -0.495 e. The van der Waals surface area contributed by atoms with Gasteiger partial charge in [-0.2, -0.15) is 0 Å². The molecule has 29 heavy (non-hydrogen) atoms. The Hall–Kier alpha value is -2.54. The van der Waals surface area contributed by atoms with Gasteiger partial charge in [0.05, 0.1) is 22.3 Å². The fourth-order valence-corrected chi connectivity index (χ4v) is 5.37. The summed E-state index contributed by atoms with van der Waals surface area (Å²) in [6.07, 6.45) is 0. The van der Waals surface area contributed by atoms with Crippen LogP contribution in [0.5, 0.6) is 5.75 Å². The van der Waals surface area contributed by atoms with Crippen molar-refractivity contribution in [2.45, 2.75) is 9.59 Å². The van der Waals surface area contributed by atoms with Crippen molar-refractivity contribution in [3.63, 3.8) is 0 Å². The second-order valence-corrected chi connectivity index (χ2v) is 8.98. The van der Waals surface area contributed by atoms with Crippen LogP contribution < -0.4 is 10.1 Å². The van der Waals surface area contributed by atoms with E-state index in [1.807, 2.05) is 54.6 Å². The topological polar surface area (TPSA) is 51.2 Å². The Morgan fingerprint density at radius 2 is 1.86 bits per heavy atom. The van der Waals surface area contributed by atoms with Crippen molar-refractivity contribution < 1.29 is 9.53 Å². The van der Waals surface area contributed by atoms with Crippen molar-refractivity contribution >= 4 is 56.5 Å². The van der Waals surface area contributed by atoms with Crippen molar-refractivity contribution in [2.24, 2.45) is 0 Å². The molecule has 0 saturated heterocycles. The molecular weight excluding hydrogens is 424 g/mol. The second-order valence-electron chi connectivity index (χ2n) is 6.19. The molecule has 0 aliphatic rings. The van der Waals surface area contributed by atoms with Gasteiger partial charge in [0.1, 0.15) is 11.0 Å². The van der Waals surface area contributed by atoms with Gasteiger partial charge in [-0.25, -0.2) is 4.98 Å². The van der Waals surface area contributed by atoms with E-state index >= 15 is 0 Å². The van der Waals surface area contributed by atoms with Gasteiger partial charge in [0, 0.05) is 5.69 Å². The monoisotopic (exact) mass is 440 g/mol. The van der Waals surface area contributed by atoms with Crippen molar-refractivity contribution in [2.75, 3.05) is 12.4 Å². The molecular formula is C22H17ClN2O2S2. The van der Waals surface area contributed by atoms with Crippen LogP contribution in [0.15, 0.2) is 77.1 Å². The van der Waals surface area contributed by atoms with Crippen LogP contribution >= 0.6 is 34.7 Å². The van der Waals surface area contributed by atoms with Crippen LogP contribution in [0.4, 0.5) is 5.69 Å². The zero-order valence-electron chi connectivity index (χ0n) is 15.5. The maximum atomic E-state index is 13.2. The van der Waals surface area contributed by atoms with E-state index in [0.717, 1.165) is 20.1 Å². The Kier molecular flexibility index (Phi) is 6.04. The highest BCUT2D eigenvalue weighted by Crippen LogP contribution is 2.40. The van der Waals surface area contributed by atoms with E-state index < -0.39 is 5.25 Å². The number of nitrogens with zero attached hydrogens (tertiary/aromatic N) is 1. The number of methoxy groups -OCH3 is 1. The van der Waals surface area contributed by atoms with Gasteiger partial charge in [-0.05, 0) is 35.9 Å². The lowest BCUT2D eigenvalue weighted by molar-refractivity contribution is -0.115. The van der Waals surface area contributed by atoms with Gasteiger partial charge < -0.3 is 10.1 Å². The molecule has 7 heteroatoms. The highest BCUT2D eigenvalue weighted by molar-refractivity contribution is 8.02. The number of hydrogen-bond acceptors (Lipinski definition) is 5. The Balaban J connectivity index is 1.61. The van der Waals surface area contributed by atoms with Crippen LogP contribution in [0.2, 0.25) is 5.02 Å². The maximum absolute atomic E-state index is 13.2. The average Bonchev–Trinajstić information content (AvgIpc) is 3.15. The maximum Gasteiger partial charge on any atom is 0.242 e. The van der Waals surface area contributed by atoms with Crippen molar-refractivity contribution in [3.8, 4) is 5.75 Å². The Bertz CT molecular complexity index is 1110. The van der Waals surface area contributed by atoms with Crippen molar-refractivity contribution in [1.29, 1.82) is 0 Å². The highest BCUT2D eigenvalue weighted by atomic mass is 35.5. The molecule has 4 rings (SSSR count). The first kappa shape index (κ1) is 19.8. The number of aromatic nitrogens is 1. The summed E-state index contributed by atoms with van der Waals surface area (Å²) in [6.45, 7) is 0. The van der Waals surface area contributed by atoms with E-state index in [1.54, 1.807) is 36.6 Å². The first-order valence-corrected chi connectivity index (χ1v) is 10.9. The molecule has 1 heterocycles. The molecule has 0 spiro atoms. The molecule has 0 bridgehead atoms. The fourth-order valence-electron chi connectivity index (χ4n) is 2.86. The zero-order chi connectivity index (χ0) is 20.2. The lowest BCUT2D eigenvalue weighted by atomic mass is 10.1. The summed E-state index contributed by atoms with van der Waals surface area (Å²) in [6, 6.07) is 22.8. The largest absolute Gasteiger partial charge is 0.495 e. The van der Waals surface area contributed by atoms with Gasteiger partial charge in [-0.3, -0.25) is 4.79 Å². The Labute approximate surface area is 181 Å². The lowest BCUT2D eigenvalue weighted by Gasteiger charge is -2.16.